The maximum absolute atomic E-state index is 13.1. The average Bonchev–Trinajstić information content (AvgIpc) is 3.05. The van der Waals surface area contributed by atoms with Gasteiger partial charge in [0.05, 0.1) is 11.0 Å². The molecule has 3 rings (SSSR count). The van der Waals surface area contributed by atoms with Gasteiger partial charge in [0.25, 0.3) is 5.56 Å². The van der Waals surface area contributed by atoms with Gasteiger partial charge in [-0.05, 0) is 50.6 Å². The number of phenolic OH excluding ortho intramolecular Hbond substituents is 1. The third kappa shape index (κ3) is 4.72. The number of nitrogens with zero attached hydrogens (tertiary/aromatic N) is 2. The van der Waals surface area contributed by atoms with Gasteiger partial charge in [0, 0.05) is 29.2 Å². The van der Waals surface area contributed by atoms with Gasteiger partial charge in [-0.1, -0.05) is 30.4 Å². The average molecular weight is 415 g/mol. The molecule has 0 saturated carbocycles. The van der Waals surface area contributed by atoms with Crippen molar-refractivity contribution in [3.8, 4) is 22.8 Å². The van der Waals surface area contributed by atoms with Crippen molar-refractivity contribution in [3.05, 3.63) is 87.1 Å². The lowest BCUT2D eigenvalue weighted by atomic mass is 10.1. The number of imidazole rings is 1. The molecule has 2 heterocycles. The fraction of sp³-hybridized carbons (Fsp3) is 0.125. The van der Waals surface area contributed by atoms with Crippen molar-refractivity contribution in [2.75, 3.05) is 0 Å². The van der Waals surface area contributed by atoms with Crippen molar-refractivity contribution in [1.29, 1.82) is 5.41 Å². The predicted octanol–water partition coefficient (Wildman–Crippen LogP) is 2.34. The minimum atomic E-state index is -0.280. The van der Waals surface area contributed by atoms with Crippen molar-refractivity contribution >= 4 is 17.9 Å². The van der Waals surface area contributed by atoms with Crippen LogP contribution in [0.5, 0.6) is 5.75 Å². The van der Waals surface area contributed by atoms with Crippen LogP contribution in [-0.2, 0) is 0 Å². The number of hydrogen-bond acceptors (Lipinski definition) is 5. The number of aromatic nitrogens is 3. The lowest BCUT2D eigenvalue weighted by Gasteiger charge is -2.10. The summed E-state index contributed by atoms with van der Waals surface area (Å²) in [6, 6.07) is 6.69. The molecule has 0 atom stereocenters. The molecule has 31 heavy (non-hydrogen) atoms. The number of H-pyrrole nitrogens is 1. The van der Waals surface area contributed by atoms with Crippen LogP contribution < -0.4 is 22.0 Å². The Balaban J connectivity index is 2.45. The second-order valence-corrected chi connectivity index (χ2v) is 7.16. The number of nitrogens with two attached hydrogens (primary N) is 1. The third-order valence-corrected chi connectivity index (χ3v) is 4.53. The normalized spacial score (nSPS) is 14.5. The number of phenols is 1. The minimum Gasteiger partial charge on any atom is -0.508 e. The molecular formula is C24H25N5O2. The largest absolute Gasteiger partial charge is 0.508 e. The summed E-state index contributed by atoms with van der Waals surface area (Å²) in [6.45, 7) is 5.53. The second-order valence-electron chi connectivity index (χ2n) is 7.16. The molecule has 0 unspecified atom stereocenters. The first-order valence-corrected chi connectivity index (χ1v) is 9.74. The smallest absolute Gasteiger partial charge is 0.282 e. The number of allylic oxidation sites excluding steroid dienone is 6. The maximum Gasteiger partial charge on any atom is 0.282 e. The van der Waals surface area contributed by atoms with Gasteiger partial charge < -0.3 is 21.2 Å². The molecule has 7 heteroatoms. The number of aromatic amines is 1. The topological polar surface area (TPSA) is 121 Å². The van der Waals surface area contributed by atoms with Crippen LogP contribution in [-0.4, -0.2) is 25.9 Å². The lowest BCUT2D eigenvalue weighted by Crippen LogP contribution is -2.29. The van der Waals surface area contributed by atoms with Gasteiger partial charge in [-0.3, -0.25) is 9.36 Å². The first-order valence-electron chi connectivity index (χ1n) is 9.74. The van der Waals surface area contributed by atoms with E-state index in [1.54, 1.807) is 43.5 Å². The zero-order valence-electron chi connectivity index (χ0n) is 17.7. The fourth-order valence-corrected chi connectivity index (χ4v) is 3.14. The van der Waals surface area contributed by atoms with Gasteiger partial charge in [0.2, 0.25) is 0 Å². The Kier molecular flexibility index (Phi) is 6.35. The van der Waals surface area contributed by atoms with Crippen molar-refractivity contribution in [1.82, 2.24) is 14.5 Å². The van der Waals surface area contributed by atoms with E-state index in [1.165, 1.54) is 4.57 Å². The summed E-state index contributed by atoms with van der Waals surface area (Å²) < 4.78 is 1.45. The zero-order chi connectivity index (χ0) is 22.5. The Morgan fingerprint density at radius 3 is 2.74 bits per heavy atom. The number of fused-ring (bicyclic) bond motifs is 1. The number of hydrogen-bond donors (Lipinski definition) is 4. The molecule has 0 amide bonds. The lowest BCUT2D eigenvalue weighted by molar-refractivity contribution is 0.475. The van der Waals surface area contributed by atoms with Gasteiger partial charge in [-0.25, -0.2) is 4.98 Å². The molecule has 7 nitrogen and oxygen atoms in total. The Morgan fingerprint density at radius 2 is 2.10 bits per heavy atom. The SMILES string of the molecule is C\C=C/C=C(C)/C=c1\nc2/c(=C(C=N)\C=C(\C)N)[nH]c(-c3cccc(O)c3)cn-2c1=O. The molecule has 5 N–H and O–H groups in total. The summed E-state index contributed by atoms with van der Waals surface area (Å²) in [6.07, 6.45) is 11.9. The highest BCUT2D eigenvalue weighted by Crippen LogP contribution is 2.21. The Bertz CT molecular complexity index is 1370. The van der Waals surface area contributed by atoms with Crippen LogP contribution in [0, 0.1) is 5.41 Å². The van der Waals surface area contributed by atoms with E-state index in [2.05, 4.69) is 9.97 Å². The molecule has 2 aliphatic rings. The Morgan fingerprint density at radius 1 is 1.32 bits per heavy atom. The van der Waals surface area contributed by atoms with E-state index in [9.17, 15) is 9.90 Å². The van der Waals surface area contributed by atoms with Gasteiger partial charge in [0.15, 0.2) is 5.82 Å². The minimum absolute atomic E-state index is 0.105. The number of rotatable bonds is 5. The van der Waals surface area contributed by atoms with Crippen LogP contribution >= 0.6 is 0 Å². The van der Waals surface area contributed by atoms with E-state index in [0.717, 1.165) is 11.8 Å². The molecule has 0 aromatic heterocycles. The molecule has 1 aromatic carbocycles. The molecule has 0 spiro atoms. The van der Waals surface area contributed by atoms with Gasteiger partial charge in [0.1, 0.15) is 11.1 Å². The monoisotopic (exact) mass is 415 g/mol. The fourth-order valence-electron chi connectivity index (χ4n) is 3.14. The quantitative estimate of drug-likeness (QED) is 0.377. The van der Waals surface area contributed by atoms with Crippen molar-refractivity contribution in [2.24, 2.45) is 5.73 Å². The predicted molar refractivity (Wildman–Crippen MR) is 125 cm³/mol. The van der Waals surface area contributed by atoms with Gasteiger partial charge in [-0.2, -0.15) is 0 Å². The molecule has 0 aliphatic carbocycles. The first-order chi connectivity index (χ1) is 14.8. The standard InChI is InChI=1S/C24H25N5O2/c1-4-5-7-15(2)10-20-24(31)29-14-21(17-8-6-9-19(30)12-17)27-22(23(29)28-20)18(13-25)11-16(3)26/h4-14,25,27,30H,26H2,1-3H3/b5-4-,15-7+,16-11-,20-10-,22-18-,25-13?. The highest BCUT2D eigenvalue weighted by atomic mass is 16.3. The Labute approximate surface area is 179 Å². The van der Waals surface area contributed by atoms with E-state index < -0.39 is 0 Å². The number of nitrogens with one attached hydrogen (secondary N) is 2. The summed E-state index contributed by atoms with van der Waals surface area (Å²) in [5.41, 5.74) is 8.71. The van der Waals surface area contributed by atoms with E-state index in [4.69, 9.17) is 11.1 Å². The molecule has 0 bridgehead atoms. The van der Waals surface area contributed by atoms with Crippen LogP contribution in [0.3, 0.4) is 0 Å². The van der Waals surface area contributed by atoms with Crippen molar-refractivity contribution < 1.29 is 5.11 Å². The van der Waals surface area contributed by atoms with Crippen molar-refractivity contribution in [3.63, 3.8) is 0 Å². The first kappa shape index (κ1) is 21.6. The molecule has 2 aliphatic heterocycles. The molecule has 0 radical (unpaired) electrons. The van der Waals surface area contributed by atoms with Crippen LogP contribution in [0.15, 0.2) is 70.8 Å². The van der Waals surface area contributed by atoms with Gasteiger partial charge >= 0.3 is 0 Å². The van der Waals surface area contributed by atoms with Gasteiger partial charge in [-0.15, -0.1) is 0 Å². The summed E-state index contributed by atoms with van der Waals surface area (Å²) in [7, 11) is 0. The molecular weight excluding hydrogens is 390 g/mol. The number of benzene rings is 1. The maximum atomic E-state index is 13.1. The van der Waals surface area contributed by atoms with Crippen LogP contribution in [0.4, 0.5) is 0 Å². The number of aromatic hydroxyl groups is 1. The van der Waals surface area contributed by atoms with Crippen molar-refractivity contribution in [2.45, 2.75) is 20.8 Å². The van der Waals surface area contributed by atoms with E-state index in [0.29, 0.717) is 39.0 Å². The molecule has 0 saturated heterocycles. The second kappa shape index (κ2) is 9.13. The summed E-state index contributed by atoms with van der Waals surface area (Å²) in [5, 5.41) is 18.5. The Hall–Kier alpha value is -4.13. The van der Waals surface area contributed by atoms with E-state index in [-0.39, 0.29) is 11.3 Å². The molecule has 1 aromatic rings. The van der Waals surface area contributed by atoms with Crippen LogP contribution in [0.1, 0.15) is 20.8 Å². The third-order valence-electron chi connectivity index (χ3n) is 4.53. The zero-order valence-corrected chi connectivity index (χ0v) is 17.7. The molecule has 0 fully saturated rings. The summed E-state index contributed by atoms with van der Waals surface area (Å²) >= 11 is 0. The highest BCUT2D eigenvalue weighted by Gasteiger charge is 2.15. The van der Waals surface area contributed by atoms with Crippen LogP contribution in [0.25, 0.3) is 28.7 Å². The summed E-state index contributed by atoms with van der Waals surface area (Å²) in [4.78, 5) is 20.9. The highest BCUT2D eigenvalue weighted by molar-refractivity contribution is 6.05. The van der Waals surface area contributed by atoms with E-state index in [1.807, 2.05) is 38.1 Å². The molecule has 158 valence electrons. The van der Waals surface area contributed by atoms with Crippen LogP contribution in [0.2, 0.25) is 0 Å². The van der Waals surface area contributed by atoms with E-state index >= 15 is 0 Å². The summed E-state index contributed by atoms with van der Waals surface area (Å²) in [5.74, 6) is 0.489.